The molecule has 0 amide bonds. The third kappa shape index (κ3) is 3.35. The molecule has 0 bridgehead atoms. The zero-order valence-corrected chi connectivity index (χ0v) is 13.7. The summed E-state index contributed by atoms with van der Waals surface area (Å²) < 4.78 is 0. The van der Waals surface area contributed by atoms with Gasteiger partial charge in [-0.2, -0.15) is 0 Å². The average Bonchev–Trinajstić information content (AvgIpc) is 2.58. The van der Waals surface area contributed by atoms with Crippen LogP contribution in [-0.2, 0) is 6.54 Å². The van der Waals surface area contributed by atoms with Crippen molar-refractivity contribution in [2.24, 2.45) is 4.99 Å². The van der Waals surface area contributed by atoms with Crippen molar-refractivity contribution in [1.82, 2.24) is 4.90 Å². The van der Waals surface area contributed by atoms with Gasteiger partial charge in [0.2, 0.25) is 0 Å². The fourth-order valence-corrected chi connectivity index (χ4v) is 2.92. The van der Waals surface area contributed by atoms with Gasteiger partial charge in [0, 0.05) is 35.6 Å². The highest BCUT2D eigenvalue weighted by Gasteiger charge is 2.24. The summed E-state index contributed by atoms with van der Waals surface area (Å²) in [5, 5.41) is 11.1. The Morgan fingerprint density at radius 1 is 1.12 bits per heavy atom. The first-order valence-corrected chi connectivity index (χ1v) is 7.82. The Morgan fingerprint density at radius 3 is 2.58 bits per heavy atom. The molecule has 0 saturated carbocycles. The minimum atomic E-state index is -0.368. The van der Waals surface area contributed by atoms with E-state index in [2.05, 4.69) is 17.0 Å². The van der Waals surface area contributed by atoms with Crippen LogP contribution in [0.3, 0.4) is 0 Å². The lowest BCUT2D eigenvalue weighted by Crippen LogP contribution is -2.29. The Labute approximate surface area is 141 Å². The molecular weight excluding hydrogens is 302 g/mol. The monoisotopic (exact) mass is 321 g/mol. The zero-order valence-electron chi connectivity index (χ0n) is 13.7. The molecule has 1 unspecified atom stereocenters. The Bertz CT molecular complexity index is 812. The minimum Gasteiger partial charge on any atom is -0.345 e. The van der Waals surface area contributed by atoms with Crippen LogP contribution in [0.25, 0.3) is 0 Å². The van der Waals surface area contributed by atoms with E-state index in [1.807, 2.05) is 44.2 Å². The molecule has 1 aliphatic rings. The summed E-state index contributed by atoms with van der Waals surface area (Å²) in [6, 6.07) is 16.9. The van der Waals surface area contributed by atoms with Crippen LogP contribution >= 0.6 is 0 Å². The van der Waals surface area contributed by atoms with Gasteiger partial charge in [-0.1, -0.05) is 42.5 Å². The van der Waals surface area contributed by atoms with Crippen molar-refractivity contribution in [1.29, 1.82) is 0 Å². The fraction of sp³-hybridized carbons (Fsp3) is 0.211. The van der Waals surface area contributed by atoms with Crippen molar-refractivity contribution in [3.05, 3.63) is 87.6 Å². The molecule has 0 aliphatic carbocycles. The molecular formula is C19H19N3O2. The van der Waals surface area contributed by atoms with Crippen LogP contribution in [-0.4, -0.2) is 15.5 Å². The molecule has 2 aromatic rings. The normalized spacial score (nSPS) is 17.2. The highest BCUT2D eigenvalue weighted by atomic mass is 16.6. The molecule has 0 N–H and O–H groups in total. The van der Waals surface area contributed by atoms with E-state index in [0.717, 1.165) is 17.0 Å². The van der Waals surface area contributed by atoms with Gasteiger partial charge < -0.3 is 4.90 Å². The molecule has 24 heavy (non-hydrogen) atoms. The largest absolute Gasteiger partial charge is 0.345 e. The SMILES string of the molecule is CC1=CC(C)=NC(c2cccc([N+](=O)[O-])c2)N1Cc1ccccc1. The third-order valence-corrected chi connectivity index (χ3v) is 4.07. The van der Waals surface area contributed by atoms with Gasteiger partial charge in [-0.15, -0.1) is 0 Å². The van der Waals surface area contributed by atoms with Gasteiger partial charge in [-0.25, -0.2) is 0 Å². The Kier molecular flexibility index (Phi) is 4.42. The first kappa shape index (κ1) is 15.9. The second-order valence-corrected chi connectivity index (χ2v) is 5.90. The lowest BCUT2D eigenvalue weighted by Gasteiger charge is -2.35. The summed E-state index contributed by atoms with van der Waals surface area (Å²) in [6.45, 7) is 4.70. The maximum absolute atomic E-state index is 11.1. The molecule has 122 valence electrons. The topological polar surface area (TPSA) is 58.7 Å². The van der Waals surface area contributed by atoms with Crippen molar-refractivity contribution >= 4 is 11.4 Å². The predicted molar refractivity (Wildman–Crippen MR) is 94.7 cm³/mol. The minimum absolute atomic E-state index is 0.0900. The third-order valence-electron chi connectivity index (χ3n) is 4.07. The van der Waals surface area contributed by atoms with Crippen LogP contribution in [0, 0.1) is 10.1 Å². The van der Waals surface area contributed by atoms with Gasteiger partial charge in [-0.05, 0) is 25.5 Å². The fourth-order valence-electron chi connectivity index (χ4n) is 2.92. The highest BCUT2D eigenvalue weighted by molar-refractivity contribution is 5.94. The number of non-ortho nitro benzene ring substituents is 1. The summed E-state index contributed by atoms with van der Waals surface area (Å²) in [5.41, 5.74) is 4.12. The van der Waals surface area contributed by atoms with Gasteiger partial charge in [-0.3, -0.25) is 15.1 Å². The molecule has 0 fully saturated rings. The first-order chi connectivity index (χ1) is 11.5. The number of allylic oxidation sites excluding steroid dienone is 2. The number of nitrogens with zero attached hydrogens (tertiary/aromatic N) is 3. The summed E-state index contributed by atoms with van der Waals surface area (Å²) in [7, 11) is 0. The van der Waals surface area contributed by atoms with Crippen LogP contribution in [0.1, 0.15) is 31.1 Å². The van der Waals surface area contributed by atoms with Crippen molar-refractivity contribution in [3.63, 3.8) is 0 Å². The summed E-state index contributed by atoms with van der Waals surface area (Å²) in [6.07, 6.45) is 1.78. The van der Waals surface area contributed by atoms with Gasteiger partial charge in [0.1, 0.15) is 6.17 Å². The number of aliphatic imine (C=N–C) groups is 1. The molecule has 5 nitrogen and oxygen atoms in total. The van der Waals surface area contributed by atoms with E-state index in [-0.39, 0.29) is 16.8 Å². The summed E-state index contributed by atoms with van der Waals surface area (Å²) in [5.74, 6) is 0. The molecule has 0 saturated heterocycles. The van der Waals surface area contributed by atoms with E-state index in [0.29, 0.717) is 6.54 Å². The van der Waals surface area contributed by atoms with E-state index in [4.69, 9.17) is 4.99 Å². The van der Waals surface area contributed by atoms with Crippen molar-refractivity contribution < 1.29 is 4.92 Å². The van der Waals surface area contributed by atoms with Crippen LogP contribution in [0.15, 0.2) is 71.4 Å². The number of hydrogen-bond acceptors (Lipinski definition) is 4. The molecule has 1 heterocycles. The molecule has 0 spiro atoms. The predicted octanol–water partition coefficient (Wildman–Crippen LogP) is 4.47. The van der Waals surface area contributed by atoms with E-state index in [1.54, 1.807) is 12.1 Å². The van der Waals surface area contributed by atoms with Crippen LogP contribution in [0.4, 0.5) is 5.69 Å². The highest BCUT2D eigenvalue weighted by Crippen LogP contribution is 2.32. The molecule has 3 rings (SSSR count). The van der Waals surface area contributed by atoms with Gasteiger partial charge in [0.05, 0.1) is 4.92 Å². The van der Waals surface area contributed by atoms with Gasteiger partial charge >= 0.3 is 0 Å². The van der Waals surface area contributed by atoms with E-state index in [1.165, 1.54) is 11.6 Å². The van der Waals surface area contributed by atoms with Crippen molar-refractivity contribution in [2.75, 3.05) is 0 Å². The van der Waals surface area contributed by atoms with Gasteiger partial charge in [0.15, 0.2) is 0 Å². The van der Waals surface area contributed by atoms with Crippen LogP contribution in [0.5, 0.6) is 0 Å². The van der Waals surface area contributed by atoms with E-state index >= 15 is 0 Å². The molecule has 1 aliphatic heterocycles. The quantitative estimate of drug-likeness (QED) is 0.616. The van der Waals surface area contributed by atoms with Crippen molar-refractivity contribution in [2.45, 2.75) is 26.6 Å². The second kappa shape index (κ2) is 6.66. The number of nitro groups is 1. The lowest BCUT2D eigenvalue weighted by atomic mass is 10.1. The Morgan fingerprint density at radius 2 is 1.88 bits per heavy atom. The number of rotatable bonds is 4. The number of nitro benzene ring substituents is 1. The van der Waals surface area contributed by atoms with Crippen molar-refractivity contribution in [3.8, 4) is 0 Å². The second-order valence-electron chi connectivity index (χ2n) is 5.90. The molecule has 0 aromatic heterocycles. The lowest BCUT2D eigenvalue weighted by molar-refractivity contribution is -0.385. The number of benzene rings is 2. The summed E-state index contributed by atoms with van der Waals surface area (Å²) in [4.78, 5) is 17.6. The van der Waals surface area contributed by atoms with Crippen LogP contribution in [0.2, 0.25) is 0 Å². The standard InChI is InChI=1S/C19H19N3O2/c1-14-11-15(2)21(13-16-7-4-3-5-8-16)19(20-14)17-9-6-10-18(12-17)22(23)24/h3-12,19H,13H2,1-2H3. The molecule has 0 radical (unpaired) electrons. The smallest absolute Gasteiger partial charge is 0.269 e. The molecule has 2 aromatic carbocycles. The Hall–Kier alpha value is -2.95. The first-order valence-electron chi connectivity index (χ1n) is 7.82. The number of hydrogen-bond donors (Lipinski definition) is 0. The van der Waals surface area contributed by atoms with E-state index < -0.39 is 0 Å². The van der Waals surface area contributed by atoms with E-state index in [9.17, 15) is 10.1 Å². The zero-order chi connectivity index (χ0) is 17.1. The molecule has 1 atom stereocenters. The summed E-state index contributed by atoms with van der Waals surface area (Å²) >= 11 is 0. The van der Waals surface area contributed by atoms with Crippen LogP contribution < -0.4 is 0 Å². The average molecular weight is 321 g/mol. The van der Waals surface area contributed by atoms with Gasteiger partial charge in [0.25, 0.3) is 5.69 Å². The Balaban J connectivity index is 1.97. The maximum Gasteiger partial charge on any atom is 0.269 e. The molecule has 5 heteroatoms. The maximum atomic E-state index is 11.1.